The molecular formula is C21H24N2O3S. The third-order valence-electron chi connectivity index (χ3n) is 5.33. The van der Waals surface area contributed by atoms with Crippen LogP contribution in [0.1, 0.15) is 37.8 Å². The predicted molar refractivity (Wildman–Crippen MR) is 106 cm³/mol. The summed E-state index contributed by atoms with van der Waals surface area (Å²) in [4.78, 5) is 14.6. The number of amides is 1. The van der Waals surface area contributed by atoms with E-state index < -0.39 is 10.0 Å². The van der Waals surface area contributed by atoms with Crippen molar-refractivity contribution in [1.82, 2.24) is 0 Å². The van der Waals surface area contributed by atoms with E-state index in [9.17, 15) is 13.2 Å². The third-order valence-corrected chi connectivity index (χ3v) is 6.71. The van der Waals surface area contributed by atoms with Crippen LogP contribution in [0, 0.1) is 5.92 Å². The second kappa shape index (κ2) is 6.68. The maximum Gasteiger partial charge on any atom is 0.261 e. The fourth-order valence-electron chi connectivity index (χ4n) is 3.71. The molecule has 27 heavy (non-hydrogen) atoms. The van der Waals surface area contributed by atoms with Crippen molar-refractivity contribution in [1.29, 1.82) is 0 Å². The van der Waals surface area contributed by atoms with E-state index in [1.807, 2.05) is 36.9 Å². The van der Waals surface area contributed by atoms with Crippen LogP contribution < -0.4 is 9.62 Å². The van der Waals surface area contributed by atoms with Gasteiger partial charge in [-0.1, -0.05) is 19.1 Å². The second-order valence-electron chi connectivity index (χ2n) is 7.49. The minimum Gasteiger partial charge on any atom is -0.309 e. The first-order valence-corrected chi connectivity index (χ1v) is 10.9. The Bertz CT molecular complexity index is 996. The van der Waals surface area contributed by atoms with Crippen LogP contribution >= 0.6 is 0 Å². The lowest BCUT2D eigenvalue weighted by atomic mass is 10.1. The van der Waals surface area contributed by atoms with Crippen molar-refractivity contribution >= 4 is 27.3 Å². The number of benzene rings is 2. The molecule has 1 aliphatic carbocycles. The Kier molecular flexibility index (Phi) is 4.46. The molecule has 2 aliphatic rings. The number of rotatable bonds is 5. The fourth-order valence-corrected chi connectivity index (χ4v) is 4.81. The molecule has 0 radical (unpaired) electrons. The third kappa shape index (κ3) is 3.46. The van der Waals surface area contributed by atoms with Gasteiger partial charge >= 0.3 is 0 Å². The van der Waals surface area contributed by atoms with E-state index in [1.54, 1.807) is 24.3 Å². The van der Waals surface area contributed by atoms with Gasteiger partial charge in [0.15, 0.2) is 0 Å². The van der Waals surface area contributed by atoms with Crippen LogP contribution in [0.5, 0.6) is 0 Å². The van der Waals surface area contributed by atoms with Crippen molar-refractivity contribution in [2.24, 2.45) is 5.92 Å². The van der Waals surface area contributed by atoms with Crippen LogP contribution in [0.25, 0.3) is 0 Å². The summed E-state index contributed by atoms with van der Waals surface area (Å²) < 4.78 is 28.3. The van der Waals surface area contributed by atoms with Gasteiger partial charge in [0.2, 0.25) is 5.91 Å². The summed E-state index contributed by atoms with van der Waals surface area (Å²) in [5.41, 5.74) is 3.41. The topological polar surface area (TPSA) is 66.5 Å². The number of aryl methyl sites for hydroxylation is 1. The zero-order valence-electron chi connectivity index (χ0n) is 15.6. The predicted octanol–water partition coefficient (Wildman–Crippen LogP) is 3.74. The highest BCUT2D eigenvalue weighted by Gasteiger charge is 2.39. The van der Waals surface area contributed by atoms with Gasteiger partial charge in [-0.3, -0.25) is 9.52 Å². The van der Waals surface area contributed by atoms with Gasteiger partial charge in [0.25, 0.3) is 10.0 Å². The van der Waals surface area contributed by atoms with Gasteiger partial charge in [-0.2, -0.15) is 0 Å². The molecule has 1 atom stereocenters. The molecule has 0 aromatic heterocycles. The molecule has 1 aliphatic heterocycles. The Morgan fingerprint density at radius 3 is 2.67 bits per heavy atom. The summed E-state index contributed by atoms with van der Waals surface area (Å²) in [7, 11) is -3.67. The molecule has 2 aromatic rings. The summed E-state index contributed by atoms with van der Waals surface area (Å²) in [5.74, 6) is 0.320. The Morgan fingerprint density at radius 1 is 1.19 bits per heavy atom. The molecule has 4 rings (SSSR count). The number of nitrogens with one attached hydrogen (secondary N) is 1. The van der Waals surface area contributed by atoms with Crippen molar-refractivity contribution in [2.75, 3.05) is 9.62 Å². The van der Waals surface area contributed by atoms with E-state index in [-0.39, 0.29) is 22.8 Å². The van der Waals surface area contributed by atoms with Crippen LogP contribution in [-0.4, -0.2) is 20.4 Å². The highest BCUT2D eigenvalue weighted by molar-refractivity contribution is 7.92. The maximum atomic E-state index is 12.8. The van der Waals surface area contributed by atoms with Gasteiger partial charge in [0.05, 0.1) is 4.90 Å². The van der Waals surface area contributed by atoms with Crippen molar-refractivity contribution in [2.45, 2.75) is 50.5 Å². The number of hydrogen-bond donors (Lipinski definition) is 1. The lowest BCUT2D eigenvalue weighted by Crippen LogP contribution is -2.36. The number of carbonyl (C=O) groups excluding carboxylic acids is 1. The molecular weight excluding hydrogens is 360 g/mol. The first-order valence-electron chi connectivity index (χ1n) is 9.47. The average Bonchev–Trinajstić information content (AvgIpc) is 3.43. The first-order chi connectivity index (χ1) is 12.9. The van der Waals surface area contributed by atoms with E-state index in [1.165, 1.54) is 0 Å². The Hall–Kier alpha value is -2.34. The summed E-state index contributed by atoms with van der Waals surface area (Å²) in [6.45, 7) is 4.05. The standard InChI is InChI=1S/C21H24N2O3S/c1-3-15-5-4-6-18(12-15)22-27(25,26)19-9-10-20-17(13-19)11-14(2)23(20)21(24)16-7-8-16/h4-6,9-10,12-14,16,22H,3,7-8,11H2,1-2H3/t14-/m1/s1. The summed E-state index contributed by atoms with van der Waals surface area (Å²) in [6, 6.07) is 12.6. The molecule has 0 spiro atoms. The van der Waals surface area contributed by atoms with Crippen LogP contribution in [0.3, 0.4) is 0 Å². The molecule has 0 bridgehead atoms. The number of hydrogen-bond acceptors (Lipinski definition) is 3. The number of carbonyl (C=O) groups is 1. The van der Waals surface area contributed by atoms with E-state index in [4.69, 9.17) is 0 Å². The fraction of sp³-hybridized carbons (Fsp3) is 0.381. The Balaban J connectivity index is 1.61. The molecule has 1 amide bonds. The minimum atomic E-state index is -3.67. The summed E-state index contributed by atoms with van der Waals surface area (Å²) >= 11 is 0. The van der Waals surface area contributed by atoms with Gasteiger partial charge in [-0.25, -0.2) is 8.42 Å². The van der Waals surface area contributed by atoms with E-state index in [0.29, 0.717) is 12.1 Å². The quantitative estimate of drug-likeness (QED) is 0.854. The van der Waals surface area contributed by atoms with Gasteiger partial charge < -0.3 is 4.90 Å². The number of anilines is 2. The van der Waals surface area contributed by atoms with Gasteiger partial charge in [-0.15, -0.1) is 0 Å². The molecule has 5 nitrogen and oxygen atoms in total. The summed E-state index contributed by atoms with van der Waals surface area (Å²) in [6.07, 6.45) is 3.45. The molecule has 142 valence electrons. The number of fused-ring (bicyclic) bond motifs is 1. The molecule has 1 N–H and O–H groups in total. The van der Waals surface area contributed by atoms with Gasteiger partial charge in [0, 0.05) is 23.3 Å². The molecule has 0 saturated heterocycles. The van der Waals surface area contributed by atoms with Crippen LogP contribution in [0.4, 0.5) is 11.4 Å². The highest BCUT2D eigenvalue weighted by atomic mass is 32.2. The monoisotopic (exact) mass is 384 g/mol. The Morgan fingerprint density at radius 2 is 1.96 bits per heavy atom. The second-order valence-corrected chi connectivity index (χ2v) is 9.17. The smallest absolute Gasteiger partial charge is 0.261 e. The van der Waals surface area contributed by atoms with Crippen LogP contribution in [0.15, 0.2) is 47.4 Å². The zero-order valence-corrected chi connectivity index (χ0v) is 16.4. The molecule has 2 aromatic carbocycles. The molecule has 0 unspecified atom stereocenters. The largest absolute Gasteiger partial charge is 0.309 e. The molecule has 6 heteroatoms. The SMILES string of the molecule is CCc1cccc(NS(=O)(=O)c2ccc3c(c2)C[C@@H](C)N3C(=O)C2CC2)c1. The van der Waals surface area contributed by atoms with Crippen molar-refractivity contribution in [3.63, 3.8) is 0 Å². The molecule has 1 saturated carbocycles. The lowest BCUT2D eigenvalue weighted by molar-refractivity contribution is -0.120. The van der Waals surface area contributed by atoms with E-state index in [2.05, 4.69) is 4.72 Å². The number of sulfonamides is 1. The lowest BCUT2D eigenvalue weighted by Gasteiger charge is -2.22. The zero-order chi connectivity index (χ0) is 19.2. The van der Waals surface area contributed by atoms with Crippen molar-refractivity contribution in [3.05, 3.63) is 53.6 Å². The van der Waals surface area contributed by atoms with E-state index >= 15 is 0 Å². The number of nitrogens with zero attached hydrogens (tertiary/aromatic N) is 1. The molecule has 1 fully saturated rings. The van der Waals surface area contributed by atoms with Gasteiger partial charge in [-0.05, 0) is 74.1 Å². The first kappa shape index (κ1) is 18.0. The highest BCUT2D eigenvalue weighted by Crippen LogP contribution is 2.39. The minimum absolute atomic E-state index is 0.0697. The molecule has 1 heterocycles. The van der Waals surface area contributed by atoms with Crippen LogP contribution in [-0.2, 0) is 27.7 Å². The summed E-state index contributed by atoms with van der Waals surface area (Å²) in [5, 5.41) is 0. The van der Waals surface area contributed by atoms with Crippen molar-refractivity contribution < 1.29 is 13.2 Å². The van der Waals surface area contributed by atoms with Gasteiger partial charge in [0.1, 0.15) is 0 Å². The normalized spacial score (nSPS) is 19.0. The average molecular weight is 385 g/mol. The maximum absolute atomic E-state index is 12.8. The van der Waals surface area contributed by atoms with E-state index in [0.717, 1.165) is 36.1 Å². The van der Waals surface area contributed by atoms with Crippen LogP contribution in [0.2, 0.25) is 0 Å². The van der Waals surface area contributed by atoms with Crippen molar-refractivity contribution in [3.8, 4) is 0 Å². The Labute approximate surface area is 160 Å².